The first-order chi connectivity index (χ1) is 19.0. The number of aryl methyl sites for hydroxylation is 1. The molecule has 0 aliphatic carbocycles. The minimum Gasteiger partial charge on any atom is -0.380 e. The molecule has 2 aromatic heterocycles. The van der Waals surface area contributed by atoms with E-state index >= 15 is 0 Å². The third-order valence-corrected chi connectivity index (χ3v) is 7.42. The molecular formula is C27H31N7O5. The molecule has 2 fully saturated rings. The number of hydrogen-bond donors (Lipinski definition) is 1. The van der Waals surface area contributed by atoms with Gasteiger partial charge in [-0.15, -0.1) is 0 Å². The van der Waals surface area contributed by atoms with Gasteiger partial charge in [-0.25, -0.2) is 14.8 Å². The minimum atomic E-state index is -0.651. The highest BCUT2D eigenvalue weighted by Gasteiger charge is 2.29. The zero-order valence-corrected chi connectivity index (χ0v) is 21.8. The Kier molecular flexibility index (Phi) is 8.11. The highest BCUT2D eigenvalue weighted by molar-refractivity contribution is 6.02. The van der Waals surface area contributed by atoms with Crippen LogP contribution in [-0.2, 0) is 27.2 Å². The van der Waals surface area contributed by atoms with Crippen LogP contribution in [0.4, 0.5) is 22.1 Å². The first kappa shape index (κ1) is 26.7. The van der Waals surface area contributed by atoms with E-state index in [0.717, 1.165) is 37.7 Å². The lowest BCUT2D eigenvalue weighted by Crippen LogP contribution is -2.43. The number of aromatic nitrogens is 2. The summed E-state index contributed by atoms with van der Waals surface area (Å²) in [5.74, 6) is 0.752. The molecule has 0 radical (unpaired) electrons. The van der Waals surface area contributed by atoms with Crippen LogP contribution in [0.15, 0.2) is 18.3 Å². The SMILES string of the molecule is CO[C@@H]1CCN(c2cc(NC(=O)N3CCCc4cc(CN5CCCO[C@@H]5C=O)c(C=O)nc43)ncc2C#N)C1. The van der Waals surface area contributed by atoms with Crippen molar-refractivity contribution in [2.24, 2.45) is 0 Å². The molecule has 12 heteroatoms. The van der Waals surface area contributed by atoms with Crippen LogP contribution in [0.5, 0.6) is 0 Å². The van der Waals surface area contributed by atoms with Crippen molar-refractivity contribution >= 4 is 35.9 Å². The van der Waals surface area contributed by atoms with E-state index in [-0.39, 0.29) is 11.8 Å². The first-order valence-electron chi connectivity index (χ1n) is 13.1. The second-order valence-electron chi connectivity index (χ2n) is 9.83. The van der Waals surface area contributed by atoms with Crippen LogP contribution in [0, 0.1) is 11.3 Å². The molecule has 204 valence electrons. The fraction of sp³-hybridized carbons (Fsp3) is 0.481. The molecule has 5 heterocycles. The Hall–Kier alpha value is -3.92. The molecule has 12 nitrogen and oxygen atoms in total. The van der Waals surface area contributed by atoms with E-state index in [2.05, 4.69) is 26.3 Å². The molecule has 0 aromatic carbocycles. The average molecular weight is 534 g/mol. The van der Waals surface area contributed by atoms with Crippen molar-refractivity contribution in [1.29, 1.82) is 5.26 Å². The number of methoxy groups -OCH3 is 1. The number of rotatable bonds is 7. The number of pyridine rings is 2. The third kappa shape index (κ3) is 5.61. The number of anilines is 3. The maximum atomic E-state index is 13.4. The molecule has 3 aliphatic rings. The zero-order chi connectivity index (χ0) is 27.4. The van der Waals surface area contributed by atoms with Gasteiger partial charge in [0.05, 0.1) is 24.0 Å². The number of ether oxygens (including phenoxy) is 2. The van der Waals surface area contributed by atoms with Crippen LogP contribution in [-0.4, -0.2) is 85.7 Å². The molecule has 0 bridgehead atoms. The predicted molar refractivity (Wildman–Crippen MR) is 142 cm³/mol. The van der Waals surface area contributed by atoms with Gasteiger partial charge in [-0.2, -0.15) is 5.26 Å². The molecule has 2 amide bonds. The quantitative estimate of drug-likeness (QED) is 0.526. The van der Waals surface area contributed by atoms with Crippen LogP contribution in [0.25, 0.3) is 0 Å². The van der Waals surface area contributed by atoms with Crippen molar-refractivity contribution in [1.82, 2.24) is 14.9 Å². The van der Waals surface area contributed by atoms with Gasteiger partial charge in [0.1, 0.15) is 23.4 Å². The number of fused-ring (bicyclic) bond motifs is 1. The molecule has 0 saturated carbocycles. The van der Waals surface area contributed by atoms with Crippen molar-refractivity contribution in [2.45, 2.75) is 44.6 Å². The summed E-state index contributed by atoms with van der Waals surface area (Å²) in [5, 5.41) is 12.4. The highest BCUT2D eigenvalue weighted by Crippen LogP contribution is 2.30. The lowest BCUT2D eigenvalue weighted by Gasteiger charge is -2.33. The summed E-state index contributed by atoms with van der Waals surface area (Å²) in [6.45, 7) is 3.37. The molecule has 1 N–H and O–H groups in total. The Morgan fingerprint density at radius 3 is 2.90 bits per heavy atom. The van der Waals surface area contributed by atoms with Crippen LogP contribution in [0.1, 0.15) is 46.4 Å². The number of carbonyl (C=O) groups is 3. The number of aldehydes is 2. The average Bonchev–Trinajstić information content (AvgIpc) is 3.46. The molecular weight excluding hydrogens is 502 g/mol. The van der Waals surface area contributed by atoms with Gasteiger partial charge in [-0.05, 0) is 42.9 Å². The summed E-state index contributed by atoms with van der Waals surface area (Å²) >= 11 is 0. The van der Waals surface area contributed by atoms with Crippen molar-refractivity contribution in [2.75, 3.05) is 55.0 Å². The zero-order valence-electron chi connectivity index (χ0n) is 21.8. The smallest absolute Gasteiger partial charge is 0.328 e. The first-order valence-corrected chi connectivity index (χ1v) is 13.1. The van der Waals surface area contributed by atoms with Gasteiger partial charge in [-0.3, -0.25) is 24.7 Å². The number of hydrogen-bond acceptors (Lipinski definition) is 10. The summed E-state index contributed by atoms with van der Waals surface area (Å²) in [4.78, 5) is 51.1. The van der Waals surface area contributed by atoms with E-state index in [1.54, 1.807) is 13.2 Å². The molecule has 5 rings (SSSR count). The Balaban J connectivity index is 1.36. The molecule has 0 unspecified atom stereocenters. The van der Waals surface area contributed by atoms with Crippen LogP contribution < -0.4 is 15.1 Å². The second kappa shape index (κ2) is 11.9. The van der Waals surface area contributed by atoms with E-state index in [9.17, 15) is 19.6 Å². The lowest BCUT2D eigenvalue weighted by molar-refractivity contribution is -0.140. The van der Waals surface area contributed by atoms with E-state index in [0.29, 0.717) is 73.9 Å². The van der Waals surface area contributed by atoms with Gasteiger partial charge in [0, 0.05) is 52.1 Å². The highest BCUT2D eigenvalue weighted by atomic mass is 16.5. The molecule has 3 aliphatic heterocycles. The monoisotopic (exact) mass is 533 g/mol. The van der Waals surface area contributed by atoms with E-state index in [1.165, 1.54) is 11.1 Å². The van der Waals surface area contributed by atoms with Crippen molar-refractivity contribution in [3.63, 3.8) is 0 Å². The molecule has 39 heavy (non-hydrogen) atoms. The number of carbonyl (C=O) groups excluding carboxylic acids is 3. The summed E-state index contributed by atoms with van der Waals surface area (Å²) in [6.07, 6.45) is 5.42. The molecule has 2 aromatic rings. The fourth-order valence-corrected chi connectivity index (χ4v) is 5.38. The van der Waals surface area contributed by atoms with E-state index in [4.69, 9.17) is 9.47 Å². The van der Waals surface area contributed by atoms with Crippen molar-refractivity contribution < 1.29 is 23.9 Å². The summed E-state index contributed by atoms with van der Waals surface area (Å²) in [6, 6.07) is 5.36. The second-order valence-corrected chi connectivity index (χ2v) is 9.83. The fourth-order valence-electron chi connectivity index (χ4n) is 5.38. The van der Waals surface area contributed by atoms with Crippen molar-refractivity contribution in [3.8, 4) is 6.07 Å². The summed E-state index contributed by atoms with van der Waals surface area (Å²) in [7, 11) is 1.67. The van der Waals surface area contributed by atoms with Crippen molar-refractivity contribution in [3.05, 3.63) is 40.7 Å². The standard InChI is InChI=1S/C27H31N7O5/c1-38-21-5-8-32(15-21)23-11-24(29-13-20(23)12-28)31-27(37)34-7-2-4-18-10-19(22(16-35)30-26(18)34)14-33-6-3-9-39-25(33)17-36/h10-11,13,16-17,21,25H,2-9,14-15H2,1H3,(H,29,31,37)/t21-,25-/m1/s1. The van der Waals surface area contributed by atoms with Gasteiger partial charge >= 0.3 is 6.03 Å². The largest absolute Gasteiger partial charge is 0.380 e. The minimum absolute atomic E-state index is 0.0855. The maximum Gasteiger partial charge on any atom is 0.328 e. The topological polar surface area (TPSA) is 141 Å². The van der Waals surface area contributed by atoms with Crippen LogP contribution in [0.2, 0.25) is 0 Å². The Morgan fingerprint density at radius 1 is 1.28 bits per heavy atom. The van der Waals surface area contributed by atoms with Gasteiger partial charge in [-0.1, -0.05) is 0 Å². The van der Waals surface area contributed by atoms with Gasteiger partial charge in [0.15, 0.2) is 18.8 Å². The third-order valence-electron chi connectivity index (χ3n) is 7.42. The number of nitrogens with zero attached hydrogens (tertiary/aromatic N) is 6. The van der Waals surface area contributed by atoms with Gasteiger partial charge in [0.25, 0.3) is 0 Å². The predicted octanol–water partition coefficient (Wildman–Crippen LogP) is 2.12. The number of amides is 2. The van der Waals surface area contributed by atoms with E-state index in [1.807, 2.05) is 11.0 Å². The summed E-state index contributed by atoms with van der Waals surface area (Å²) < 4.78 is 11.0. The normalized spacial score (nSPS) is 21.2. The van der Waals surface area contributed by atoms with Crippen LogP contribution >= 0.6 is 0 Å². The van der Waals surface area contributed by atoms with Crippen LogP contribution in [0.3, 0.4) is 0 Å². The number of nitriles is 1. The lowest BCUT2D eigenvalue weighted by atomic mass is 10.0. The molecule has 2 atom stereocenters. The maximum absolute atomic E-state index is 13.4. The number of nitrogens with one attached hydrogen (secondary N) is 1. The number of urea groups is 1. The molecule has 2 saturated heterocycles. The van der Waals surface area contributed by atoms with Gasteiger partial charge in [0.2, 0.25) is 0 Å². The Bertz CT molecular complexity index is 1300. The molecule has 0 spiro atoms. The van der Waals surface area contributed by atoms with Gasteiger partial charge < -0.3 is 14.4 Å². The summed E-state index contributed by atoms with van der Waals surface area (Å²) in [5.41, 5.74) is 2.90. The Morgan fingerprint density at radius 2 is 2.15 bits per heavy atom. The van der Waals surface area contributed by atoms with E-state index < -0.39 is 12.3 Å². The Labute approximate surface area is 226 Å².